The molecule has 0 aliphatic heterocycles. The van der Waals surface area contributed by atoms with Crippen molar-refractivity contribution in [3.63, 3.8) is 0 Å². The van der Waals surface area contributed by atoms with Crippen molar-refractivity contribution in [2.75, 3.05) is 4.90 Å². The molecule has 0 spiro atoms. The van der Waals surface area contributed by atoms with Gasteiger partial charge in [-0.2, -0.15) is 0 Å². The Morgan fingerprint density at radius 2 is 1.10 bits per heavy atom. The minimum atomic E-state index is 0.894. The monoisotopic (exact) mass is 626 g/mol. The third-order valence-corrected chi connectivity index (χ3v) is 9.78. The van der Waals surface area contributed by atoms with Crippen LogP contribution >= 0.6 is 0 Å². The van der Waals surface area contributed by atoms with E-state index in [1.54, 1.807) is 0 Å². The first kappa shape index (κ1) is 27.5. The SMILES string of the molecule is c1ccc(-c2ccc(N(c3ccc4ccccc4c3)c3cc(-c4cccc5c4oc4ccccc45)c4[nH]c5ccccc5c4c3)cc2)cc1. The number of hydrogen-bond donors (Lipinski definition) is 1. The first-order valence-electron chi connectivity index (χ1n) is 16.7. The smallest absolute Gasteiger partial charge is 0.143 e. The molecule has 49 heavy (non-hydrogen) atoms. The van der Waals surface area contributed by atoms with Crippen LogP contribution in [0.2, 0.25) is 0 Å². The van der Waals surface area contributed by atoms with Gasteiger partial charge < -0.3 is 14.3 Å². The van der Waals surface area contributed by atoms with Crippen LogP contribution in [0.5, 0.6) is 0 Å². The molecule has 230 valence electrons. The Bertz CT molecular complexity index is 2830. The van der Waals surface area contributed by atoms with E-state index in [2.05, 4.69) is 180 Å². The lowest BCUT2D eigenvalue weighted by atomic mass is 9.98. The molecule has 3 heteroatoms. The minimum Gasteiger partial charge on any atom is -0.455 e. The number of fused-ring (bicyclic) bond motifs is 7. The lowest BCUT2D eigenvalue weighted by Crippen LogP contribution is -2.10. The molecule has 0 aliphatic carbocycles. The summed E-state index contributed by atoms with van der Waals surface area (Å²) in [5.41, 5.74) is 11.8. The largest absolute Gasteiger partial charge is 0.455 e. The fourth-order valence-corrected chi connectivity index (χ4v) is 7.43. The lowest BCUT2D eigenvalue weighted by Gasteiger charge is -2.27. The quantitative estimate of drug-likeness (QED) is 0.206. The summed E-state index contributed by atoms with van der Waals surface area (Å²) in [6, 6.07) is 62.8. The molecule has 0 bridgehead atoms. The van der Waals surface area contributed by atoms with Crippen molar-refractivity contribution in [2.45, 2.75) is 0 Å². The third kappa shape index (κ3) is 4.51. The molecule has 0 amide bonds. The van der Waals surface area contributed by atoms with Crippen LogP contribution in [0.15, 0.2) is 180 Å². The molecule has 10 rings (SSSR count). The second-order valence-corrected chi connectivity index (χ2v) is 12.6. The first-order valence-corrected chi connectivity index (χ1v) is 16.7. The molecule has 2 heterocycles. The van der Waals surface area contributed by atoms with E-state index in [1.807, 2.05) is 6.07 Å². The average Bonchev–Trinajstić information content (AvgIpc) is 3.74. The normalized spacial score (nSPS) is 11.7. The summed E-state index contributed by atoms with van der Waals surface area (Å²) in [7, 11) is 0. The van der Waals surface area contributed by atoms with Gasteiger partial charge in [-0.15, -0.1) is 0 Å². The van der Waals surface area contributed by atoms with Gasteiger partial charge in [-0.25, -0.2) is 0 Å². The summed E-state index contributed by atoms with van der Waals surface area (Å²) in [6.45, 7) is 0. The average molecular weight is 627 g/mol. The molecule has 1 N–H and O–H groups in total. The predicted molar refractivity (Wildman–Crippen MR) is 206 cm³/mol. The zero-order chi connectivity index (χ0) is 32.3. The molecule has 2 aromatic heterocycles. The Labute approximate surface area is 283 Å². The number of nitrogens with zero attached hydrogens (tertiary/aromatic N) is 1. The van der Waals surface area contributed by atoms with Crippen molar-refractivity contribution < 1.29 is 4.42 Å². The highest BCUT2D eigenvalue weighted by molar-refractivity contribution is 6.17. The van der Waals surface area contributed by atoms with E-state index in [1.165, 1.54) is 32.7 Å². The highest BCUT2D eigenvalue weighted by Crippen LogP contribution is 2.45. The standard InChI is InChI=1S/C46H30N2O/c1-2-11-30(12-3-1)32-21-24-34(25-22-32)48(35-26-23-31-13-4-5-14-33(31)27-35)36-28-41-37-15-6-8-19-43(37)47-45(41)42(29-36)40-18-10-17-39-38-16-7-9-20-44(38)49-46(39)40/h1-29,47H. The van der Waals surface area contributed by atoms with E-state index in [4.69, 9.17) is 4.42 Å². The number of para-hydroxylation sites is 3. The van der Waals surface area contributed by atoms with Crippen LogP contribution in [-0.2, 0) is 0 Å². The number of aromatic nitrogens is 1. The van der Waals surface area contributed by atoms with Crippen LogP contribution in [-0.4, -0.2) is 4.98 Å². The molecule has 3 nitrogen and oxygen atoms in total. The van der Waals surface area contributed by atoms with Crippen LogP contribution in [0.3, 0.4) is 0 Å². The van der Waals surface area contributed by atoms with Gasteiger partial charge in [0.2, 0.25) is 0 Å². The summed E-state index contributed by atoms with van der Waals surface area (Å²) in [5.74, 6) is 0. The summed E-state index contributed by atoms with van der Waals surface area (Å²) < 4.78 is 6.61. The number of anilines is 3. The van der Waals surface area contributed by atoms with E-state index < -0.39 is 0 Å². The number of aromatic amines is 1. The third-order valence-electron chi connectivity index (χ3n) is 9.78. The second-order valence-electron chi connectivity index (χ2n) is 12.6. The topological polar surface area (TPSA) is 32.2 Å². The molecule has 0 atom stereocenters. The van der Waals surface area contributed by atoms with Crippen LogP contribution in [0.4, 0.5) is 17.1 Å². The minimum absolute atomic E-state index is 0.894. The van der Waals surface area contributed by atoms with Gasteiger partial charge in [0.15, 0.2) is 0 Å². The Morgan fingerprint density at radius 1 is 0.408 bits per heavy atom. The van der Waals surface area contributed by atoms with Gasteiger partial charge in [0.25, 0.3) is 0 Å². The highest BCUT2D eigenvalue weighted by Gasteiger charge is 2.21. The van der Waals surface area contributed by atoms with Gasteiger partial charge in [0.1, 0.15) is 11.2 Å². The highest BCUT2D eigenvalue weighted by atomic mass is 16.3. The maximum atomic E-state index is 6.61. The van der Waals surface area contributed by atoms with Crippen LogP contribution in [0.1, 0.15) is 0 Å². The van der Waals surface area contributed by atoms with Crippen molar-refractivity contribution in [3.05, 3.63) is 176 Å². The van der Waals surface area contributed by atoms with E-state index in [-0.39, 0.29) is 0 Å². The predicted octanol–water partition coefficient (Wildman–Crippen LogP) is 13.2. The molecule has 10 aromatic rings. The number of H-pyrrole nitrogens is 1. The fourth-order valence-electron chi connectivity index (χ4n) is 7.43. The van der Waals surface area contributed by atoms with Gasteiger partial charge in [0, 0.05) is 55.3 Å². The van der Waals surface area contributed by atoms with Crippen molar-refractivity contribution in [1.82, 2.24) is 4.98 Å². The van der Waals surface area contributed by atoms with Gasteiger partial charge >= 0.3 is 0 Å². The van der Waals surface area contributed by atoms with Crippen molar-refractivity contribution in [3.8, 4) is 22.3 Å². The van der Waals surface area contributed by atoms with Crippen LogP contribution in [0.25, 0.3) is 76.8 Å². The van der Waals surface area contributed by atoms with E-state index in [0.717, 1.165) is 61.2 Å². The van der Waals surface area contributed by atoms with Gasteiger partial charge in [-0.05, 0) is 70.4 Å². The molecule has 0 radical (unpaired) electrons. The molecule has 8 aromatic carbocycles. The molecule has 0 unspecified atom stereocenters. The molecule has 0 fully saturated rings. The Hall–Kier alpha value is -6.58. The molecule has 0 aliphatic rings. The van der Waals surface area contributed by atoms with Crippen LogP contribution < -0.4 is 4.90 Å². The zero-order valence-electron chi connectivity index (χ0n) is 26.6. The van der Waals surface area contributed by atoms with Gasteiger partial charge in [-0.1, -0.05) is 127 Å². The summed E-state index contributed by atoms with van der Waals surface area (Å²) in [4.78, 5) is 6.16. The van der Waals surface area contributed by atoms with E-state index >= 15 is 0 Å². The van der Waals surface area contributed by atoms with Crippen molar-refractivity contribution in [2.24, 2.45) is 0 Å². The number of benzene rings is 8. The fraction of sp³-hybridized carbons (Fsp3) is 0. The first-order chi connectivity index (χ1) is 24.3. The summed E-state index contributed by atoms with van der Waals surface area (Å²) in [5, 5.41) is 7.02. The van der Waals surface area contributed by atoms with Gasteiger partial charge in [-0.3, -0.25) is 0 Å². The Morgan fingerprint density at radius 3 is 1.98 bits per heavy atom. The number of nitrogens with one attached hydrogen (secondary N) is 1. The molecule has 0 saturated carbocycles. The number of rotatable bonds is 5. The summed E-state index contributed by atoms with van der Waals surface area (Å²) in [6.07, 6.45) is 0. The molecule has 0 saturated heterocycles. The molecular weight excluding hydrogens is 597 g/mol. The molecular formula is C46H30N2O. The van der Waals surface area contributed by atoms with Crippen LogP contribution in [0, 0.1) is 0 Å². The Balaban J connectivity index is 1.26. The van der Waals surface area contributed by atoms with Crippen molar-refractivity contribution in [1.29, 1.82) is 0 Å². The van der Waals surface area contributed by atoms with Crippen molar-refractivity contribution >= 4 is 71.6 Å². The Kier molecular flexibility index (Phi) is 6.18. The van der Waals surface area contributed by atoms with Gasteiger partial charge in [0.05, 0.1) is 5.52 Å². The second kappa shape index (κ2) is 11.0. The zero-order valence-corrected chi connectivity index (χ0v) is 26.6. The van der Waals surface area contributed by atoms with E-state index in [9.17, 15) is 0 Å². The lowest BCUT2D eigenvalue weighted by molar-refractivity contribution is 0.670. The number of furan rings is 1. The maximum absolute atomic E-state index is 6.61. The number of hydrogen-bond acceptors (Lipinski definition) is 2. The maximum Gasteiger partial charge on any atom is 0.143 e. The summed E-state index contributed by atoms with van der Waals surface area (Å²) >= 11 is 0. The van der Waals surface area contributed by atoms with E-state index in [0.29, 0.717) is 0 Å².